The van der Waals surface area contributed by atoms with Gasteiger partial charge < -0.3 is 5.32 Å². The molecule has 2 aromatic carbocycles. The summed E-state index contributed by atoms with van der Waals surface area (Å²) in [6.07, 6.45) is 1.76. The van der Waals surface area contributed by atoms with Gasteiger partial charge >= 0.3 is 0 Å². The van der Waals surface area contributed by atoms with E-state index in [-0.39, 0.29) is 11.7 Å². The predicted molar refractivity (Wildman–Crippen MR) is 111 cm³/mol. The van der Waals surface area contributed by atoms with Crippen LogP contribution in [0.4, 0.5) is 4.39 Å². The van der Waals surface area contributed by atoms with E-state index in [0.29, 0.717) is 12.1 Å². The second-order valence-corrected chi connectivity index (χ2v) is 7.11. The number of nitrogens with one attached hydrogen (secondary N) is 1. The summed E-state index contributed by atoms with van der Waals surface area (Å²) in [5, 5.41) is 7.00. The molecule has 0 unspecified atom stereocenters. The van der Waals surface area contributed by atoms with Crippen LogP contribution in [0.25, 0.3) is 22.4 Å². The summed E-state index contributed by atoms with van der Waals surface area (Å²) >= 11 is 1.63. The summed E-state index contributed by atoms with van der Waals surface area (Å²) in [7, 11) is 0. The number of pyridine rings is 1. The van der Waals surface area contributed by atoms with Crippen molar-refractivity contribution in [3.63, 3.8) is 0 Å². The summed E-state index contributed by atoms with van der Waals surface area (Å²) in [5.74, 6) is -0.405. The Morgan fingerprint density at radius 2 is 1.64 bits per heavy atom. The van der Waals surface area contributed by atoms with Crippen molar-refractivity contribution in [2.45, 2.75) is 6.54 Å². The van der Waals surface area contributed by atoms with Gasteiger partial charge in [-0.1, -0.05) is 24.3 Å². The van der Waals surface area contributed by atoms with Crippen LogP contribution in [-0.2, 0) is 6.54 Å². The summed E-state index contributed by atoms with van der Waals surface area (Å²) in [6.45, 7) is 0.429. The van der Waals surface area contributed by atoms with E-state index in [4.69, 9.17) is 0 Å². The Morgan fingerprint density at radius 1 is 0.929 bits per heavy atom. The minimum absolute atomic E-state index is 0.139. The average molecular weight is 388 g/mol. The molecule has 0 saturated heterocycles. The Bertz CT molecular complexity index is 1070. The van der Waals surface area contributed by atoms with Crippen LogP contribution < -0.4 is 5.32 Å². The van der Waals surface area contributed by atoms with Crippen molar-refractivity contribution in [2.75, 3.05) is 0 Å². The van der Waals surface area contributed by atoms with Crippen LogP contribution in [0.2, 0.25) is 0 Å². The van der Waals surface area contributed by atoms with E-state index in [0.717, 1.165) is 27.9 Å². The summed E-state index contributed by atoms with van der Waals surface area (Å²) < 4.78 is 13.0. The molecule has 4 rings (SSSR count). The fourth-order valence-corrected chi connectivity index (χ4v) is 3.54. The highest BCUT2D eigenvalue weighted by molar-refractivity contribution is 7.08. The fourth-order valence-electron chi connectivity index (χ4n) is 2.89. The molecule has 3 nitrogen and oxygen atoms in total. The smallest absolute Gasteiger partial charge is 0.251 e. The van der Waals surface area contributed by atoms with E-state index < -0.39 is 0 Å². The number of rotatable bonds is 5. The number of aromatic nitrogens is 1. The Balaban J connectivity index is 1.41. The van der Waals surface area contributed by atoms with Crippen LogP contribution in [0.3, 0.4) is 0 Å². The zero-order chi connectivity index (χ0) is 19.3. The third-order valence-corrected chi connectivity index (χ3v) is 5.10. The first-order valence-corrected chi connectivity index (χ1v) is 9.75. The van der Waals surface area contributed by atoms with Crippen molar-refractivity contribution in [1.82, 2.24) is 10.3 Å². The van der Waals surface area contributed by atoms with Gasteiger partial charge in [-0.2, -0.15) is 11.3 Å². The number of benzene rings is 2. The highest BCUT2D eigenvalue weighted by Crippen LogP contribution is 2.21. The Labute approximate surface area is 166 Å². The number of hydrogen-bond acceptors (Lipinski definition) is 3. The highest BCUT2D eigenvalue weighted by atomic mass is 32.1. The summed E-state index contributed by atoms with van der Waals surface area (Å²) in [6, 6.07) is 19.5. The normalized spacial score (nSPS) is 10.6. The van der Waals surface area contributed by atoms with Gasteiger partial charge in [0.15, 0.2) is 0 Å². The van der Waals surface area contributed by atoms with Crippen LogP contribution in [0.15, 0.2) is 83.7 Å². The number of carbonyl (C=O) groups excluding carboxylic acids is 1. The minimum atomic E-state index is -0.266. The lowest BCUT2D eigenvalue weighted by atomic mass is 10.0. The average Bonchev–Trinajstić information content (AvgIpc) is 3.28. The molecule has 138 valence electrons. The SMILES string of the molecule is O=C(NCc1ccnc(-c2ccsc2)c1)c1ccc(-c2ccc(F)cc2)cc1. The zero-order valence-corrected chi connectivity index (χ0v) is 15.7. The Hall–Kier alpha value is -3.31. The molecule has 0 atom stereocenters. The van der Waals surface area contributed by atoms with Crippen molar-refractivity contribution in [3.8, 4) is 22.4 Å². The number of amides is 1. The second-order valence-electron chi connectivity index (χ2n) is 6.33. The lowest BCUT2D eigenvalue weighted by Crippen LogP contribution is -2.22. The van der Waals surface area contributed by atoms with Crippen molar-refractivity contribution in [2.24, 2.45) is 0 Å². The molecule has 2 heterocycles. The molecule has 0 spiro atoms. The second kappa shape index (κ2) is 8.15. The van der Waals surface area contributed by atoms with Gasteiger partial charge in [0.2, 0.25) is 0 Å². The van der Waals surface area contributed by atoms with Gasteiger partial charge in [0.25, 0.3) is 5.91 Å². The van der Waals surface area contributed by atoms with Gasteiger partial charge in [0, 0.05) is 29.2 Å². The van der Waals surface area contributed by atoms with Gasteiger partial charge in [-0.15, -0.1) is 0 Å². The molecule has 0 saturated carbocycles. The van der Waals surface area contributed by atoms with Crippen molar-refractivity contribution >= 4 is 17.2 Å². The molecule has 0 aliphatic heterocycles. The number of hydrogen-bond donors (Lipinski definition) is 1. The molecule has 4 aromatic rings. The standard InChI is InChI=1S/C23H17FN2OS/c24-21-7-5-18(6-8-21)17-1-3-19(4-2-17)23(27)26-14-16-9-11-25-22(13-16)20-10-12-28-15-20/h1-13,15H,14H2,(H,26,27). The predicted octanol–water partition coefficient (Wildman–Crippen LogP) is 5.55. The first-order chi connectivity index (χ1) is 13.7. The molecule has 28 heavy (non-hydrogen) atoms. The molecule has 1 N–H and O–H groups in total. The monoisotopic (exact) mass is 388 g/mol. The molecule has 0 fully saturated rings. The van der Waals surface area contributed by atoms with Crippen LogP contribution in [0.1, 0.15) is 15.9 Å². The molecule has 0 bridgehead atoms. The third kappa shape index (κ3) is 4.15. The molecular formula is C23H17FN2OS. The van der Waals surface area contributed by atoms with Gasteiger partial charge in [-0.05, 0) is 64.5 Å². The fraction of sp³-hybridized carbons (Fsp3) is 0.0435. The Morgan fingerprint density at radius 3 is 2.32 bits per heavy atom. The third-order valence-electron chi connectivity index (χ3n) is 4.42. The molecule has 1 amide bonds. The molecular weight excluding hydrogens is 371 g/mol. The molecule has 0 aliphatic rings. The zero-order valence-electron chi connectivity index (χ0n) is 14.9. The first kappa shape index (κ1) is 18.1. The Kier molecular flexibility index (Phi) is 5.26. The number of carbonyl (C=O) groups is 1. The maximum absolute atomic E-state index is 13.0. The van der Waals surface area contributed by atoms with Crippen LogP contribution in [0, 0.1) is 5.82 Å². The van der Waals surface area contributed by atoms with Crippen molar-refractivity contribution < 1.29 is 9.18 Å². The van der Waals surface area contributed by atoms with E-state index in [9.17, 15) is 9.18 Å². The molecule has 0 radical (unpaired) electrons. The molecule has 2 aromatic heterocycles. The van der Waals surface area contributed by atoms with Gasteiger partial charge in [-0.3, -0.25) is 9.78 Å². The van der Waals surface area contributed by atoms with Crippen molar-refractivity contribution in [3.05, 3.63) is 101 Å². The van der Waals surface area contributed by atoms with Gasteiger partial charge in [-0.25, -0.2) is 4.39 Å². The number of halogens is 1. The molecule has 0 aliphatic carbocycles. The minimum Gasteiger partial charge on any atom is -0.348 e. The highest BCUT2D eigenvalue weighted by Gasteiger charge is 2.07. The maximum Gasteiger partial charge on any atom is 0.251 e. The van der Waals surface area contributed by atoms with Gasteiger partial charge in [0.1, 0.15) is 5.82 Å². The maximum atomic E-state index is 13.0. The quantitative estimate of drug-likeness (QED) is 0.487. The van der Waals surface area contributed by atoms with E-state index in [1.807, 2.05) is 41.1 Å². The van der Waals surface area contributed by atoms with Crippen LogP contribution in [0.5, 0.6) is 0 Å². The van der Waals surface area contributed by atoms with E-state index in [1.165, 1.54) is 12.1 Å². The first-order valence-electron chi connectivity index (χ1n) is 8.81. The topological polar surface area (TPSA) is 42.0 Å². The van der Waals surface area contributed by atoms with E-state index >= 15 is 0 Å². The summed E-state index contributed by atoms with van der Waals surface area (Å²) in [5.41, 5.74) is 5.40. The summed E-state index contributed by atoms with van der Waals surface area (Å²) in [4.78, 5) is 16.8. The lowest BCUT2D eigenvalue weighted by molar-refractivity contribution is 0.0951. The van der Waals surface area contributed by atoms with E-state index in [2.05, 4.69) is 10.3 Å². The van der Waals surface area contributed by atoms with Crippen molar-refractivity contribution in [1.29, 1.82) is 0 Å². The van der Waals surface area contributed by atoms with Gasteiger partial charge in [0.05, 0.1) is 5.69 Å². The van der Waals surface area contributed by atoms with Crippen LogP contribution in [-0.4, -0.2) is 10.9 Å². The largest absolute Gasteiger partial charge is 0.348 e. The number of nitrogens with zero attached hydrogens (tertiary/aromatic N) is 1. The van der Waals surface area contributed by atoms with Crippen LogP contribution >= 0.6 is 11.3 Å². The lowest BCUT2D eigenvalue weighted by Gasteiger charge is -2.08. The van der Waals surface area contributed by atoms with E-state index in [1.54, 1.807) is 41.8 Å². The molecule has 5 heteroatoms. The number of thiophene rings is 1.